The van der Waals surface area contributed by atoms with Crippen LogP contribution in [-0.2, 0) is 16.6 Å². The molecular formula is C14H18O4. The Hall–Kier alpha value is -1.71. The van der Waals surface area contributed by atoms with Gasteiger partial charge in [0.25, 0.3) is 0 Å². The maximum atomic E-state index is 11.5. The maximum absolute atomic E-state index is 11.5. The van der Waals surface area contributed by atoms with Crippen LogP contribution in [0.1, 0.15) is 30.9 Å². The third-order valence-electron chi connectivity index (χ3n) is 3.61. The van der Waals surface area contributed by atoms with Crippen LogP contribution in [-0.4, -0.2) is 25.3 Å². The smallest absolute Gasteiger partial charge is 0.314 e. The number of aryl methyl sites for hydroxylation is 1. The molecule has 1 aliphatic rings. The van der Waals surface area contributed by atoms with Crippen LogP contribution in [0.25, 0.3) is 0 Å². The molecule has 0 aliphatic heterocycles. The van der Waals surface area contributed by atoms with Crippen molar-refractivity contribution in [2.24, 2.45) is 0 Å². The number of rotatable bonds is 5. The van der Waals surface area contributed by atoms with Crippen molar-refractivity contribution in [2.45, 2.75) is 31.6 Å². The Kier molecular flexibility index (Phi) is 3.20. The molecule has 1 fully saturated rings. The highest BCUT2D eigenvalue weighted by atomic mass is 16.5. The summed E-state index contributed by atoms with van der Waals surface area (Å²) in [5.41, 5.74) is 0.939. The van der Waals surface area contributed by atoms with Crippen LogP contribution in [0.2, 0.25) is 0 Å². The Bertz CT molecular complexity index is 450. The number of carboxylic acids is 1. The standard InChI is InChI=1S/C14H18O4/c1-4-9-7-10(17-2)12(11(8-9)18-3)14(5-6-14)13(15)16/h7-8H,4-6H2,1-3H3,(H,15,16). The molecule has 2 rings (SSSR count). The Balaban J connectivity index is 2.61. The van der Waals surface area contributed by atoms with Crippen molar-refractivity contribution >= 4 is 5.97 Å². The van der Waals surface area contributed by atoms with Crippen molar-refractivity contribution in [3.05, 3.63) is 23.3 Å². The molecule has 18 heavy (non-hydrogen) atoms. The van der Waals surface area contributed by atoms with Gasteiger partial charge in [0.15, 0.2) is 0 Å². The first kappa shape index (κ1) is 12.7. The summed E-state index contributed by atoms with van der Waals surface area (Å²) in [5, 5.41) is 9.41. The molecule has 0 amide bonds. The van der Waals surface area contributed by atoms with Crippen molar-refractivity contribution in [2.75, 3.05) is 14.2 Å². The van der Waals surface area contributed by atoms with Crippen molar-refractivity contribution in [3.63, 3.8) is 0 Å². The summed E-state index contributed by atoms with van der Waals surface area (Å²) in [6.07, 6.45) is 2.13. The summed E-state index contributed by atoms with van der Waals surface area (Å²) in [7, 11) is 3.13. The van der Waals surface area contributed by atoms with Gasteiger partial charge in [-0.15, -0.1) is 0 Å². The molecule has 0 bridgehead atoms. The fourth-order valence-corrected chi connectivity index (χ4v) is 2.34. The molecule has 0 spiro atoms. The van der Waals surface area contributed by atoms with Crippen LogP contribution in [0.4, 0.5) is 0 Å². The second-order valence-electron chi connectivity index (χ2n) is 4.62. The lowest BCUT2D eigenvalue weighted by Crippen LogP contribution is -2.21. The lowest BCUT2D eigenvalue weighted by atomic mass is 9.92. The number of benzene rings is 1. The number of carbonyl (C=O) groups is 1. The predicted octanol–water partition coefficient (Wildman–Crippen LogP) is 2.38. The van der Waals surface area contributed by atoms with Gasteiger partial charge in [-0.1, -0.05) is 6.92 Å². The summed E-state index contributed by atoms with van der Waals surface area (Å²) in [5.74, 6) is 0.431. The minimum Gasteiger partial charge on any atom is -0.496 e. The van der Waals surface area contributed by atoms with Crippen molar-refractivity contribution in [1.29, 1.82) is 0 Å². The van der Waals surface area contributed by atoms with Gasteiger partial charge in [-0.05, 0) is 37.0 Å². The zero-order chi connectivity index (χ0) is 13.3. The molecule has 1 aromatic carbocycles. The lowest BCUT2D eigenvalue weighted by Gasteiger charge is -2.19. The molecule has 1 aliphatic carbocycles. The Morgan fingerprint density at radius 1 is 1.28 bits per heavy atom. The fraction of sp³-hybridized carbons (Fsp3) is 0.500. The van der Waals surface area contributed by atoms with E-state index in [-0.39, 0.29) is 0 Å². The molecule has 0 saturated heterocycles. The van der Waals surface area contributed by atoms with E-state index in [0.29, 0.717) is 29.9 Å². The van der Waals surface area contributed by atoms with Gasteiger partial charge in [0.2, 0.25) is 0 Å². The van der Waals surface area contributed by atoms with E-state index < -0.39 is 11.4 Å². The van der Waals surface area contributed by atoms with Gasteiger partial charge in [0.1, 0.15) is 16.9 Å². The van der Waals surface area contributed by atoms with Gasteiger partial charge in [-0.3, -0.25) is 4.79 Å². The maximum Gasteiger partial charge on any atom is 0.314 e. The van der Waals surface area contributed by atoms with Gasteiger partial charge >= 0.3 is 5.97 Å². The first-order chi connectivity index (χ1) is 8.58. The van der Waals surface area contributed by atoms with Crippen molar-refractivity contribution in [3.8, 4) is 11.5 Å². The van der Waals surface area contributed by atoms with Gasteiger partial charge in [0, 0.05) is 0 Å². The summed E-state index contributed by atoms with van der Waals surface area (Å²) in [6, 6.07) is 3.81. The van der Waals surface area contributed by atoms with Gasteiger partial charge in [-0.25, -0.2) is 0 Å². The molecular weight excluding hydrogens is 232 g/mol. The first-order valence-corrected chi connectivity index (χ1v) is 6.07. The number of ether oxygens (including phenoxy) is 2. The second-order valence-corrected chi connectivity index (χ2v) is 4.62. The molecule has 0 radical (unpaired) electrons. The minimum atomic E-state index is -0.817. The normalized spacial score (nSPS) is 16.2. The monoisotopic (exact) mass is 250 g/mol. The number of hydrogen-bond acceptors (Lipinski definition) is 3. The molecule has 0 aromatic heterocycles. The lowest BCUT2D eigenvalue weighted by molar-refractivity contribution is -0.140. The largest absolute Gasteiger partial charge is 0.496 e. The van der Waals surface area contributed by atoms with E-state index in [1.165, 1.54) is 0 Å². The summed E-state index contributed by atoms with van der Waals surface area (Å²) in [4.78, 5) is 11.5. The second kappa shape index (κ2) is 4.52. The van der Waals surface area contributed by atoms with Crippen LogP contribution >= 0.6 is 0 Å². The van der Waals surface area contributed by atoms with E-state index in [4.69, 9.17) is 9.47 Å². The van der Waals surface area contributed by atoms with Gasteiger partial charge in [0.05, 0.1) is 19.8 Å². The third-order valence-corrected chi connectivity index (χ3v) is 3.61. The molecule has 4 nitrogen and oxygen atoms in total. The highest BCUT2D eigenvalue weighted by Gasteiger charge is 2.55. The topological polar surface area (TPSA) is 55.8 Å². The highest BCUT2D eigenvalue weighted by molar-refractivity contribution is 5.87. The molecule has 1 N–H and O–H groups in total. The number of carboxylic acid groups (broad SMARTS) is 1. The Morgan fingerprint density at radius 3 is 2.06 bits per heavy atom. The van der Waals surface area contributed by atoms with Gasteiger partial charge in [-0.2, -0.15) is 0 Å². The summed E-state index contributed by atoms with van der Waals surface area (Å²) < 4.78 is 10.7. The number of aliphatic carboxylic acids is 1. The predicted molar refractivity (Wildman–Crippen MR) is 67.5 cm³/mol. The number of hydrogen-bond donors (Lipinski definition) is 1. The fourth-order valence-electron chi connectivity index (χ4n) is 2.34. The zero-order valence-corrected chi connectivity index (χ0v) is 10.9. The minimum absolute atomic E-state index is 0.617. The van der Waals surface area contributed by atoms with Crippen molar-refractivity contribution in [1.82, 2.24) is 0 Å². The van der Waals surface area contributed by atoms with Crippen LogP contribution < -0.4 is 9.47 Å². The molecule has 0 unspecified atom stereocenters. The molecule has 4 heteroatoms. The average molecular weight is 250 g/mol. The van der Waals surface area contributed by atoms with E-state index in [9.17, 15) is 9.90 Å². The van der Waals surface area contributed by atoms with Crippen LogP contribution in [0, 0.1) is 0 Å². The molecule has 1 saturated carbocycles. The van der Waals surface area contributed by atoms with E-state index in [2.05, 4.69) is 0 Å². The van der Waals surface area contributed by atoms with E-state index in [1.54, 1.807) is 14.2 Å². The highest BCUT2D eigenvalue weighted by Crippen LogP contribution is 2.55. The van der Waals surface area contributed by atoms with E-state index in [0.717, 1.165) is 12.0 Å². The number of methoxy groups -OCH3 is 2. The summed E-state index contributed by atoms with van der Waals surface area (Å²) in [6.45, 7) is 2.04. The third kappa shape index (κ3) is 1.82. The summed E-state index contributed by atoms with van der Waals surface area (Å²) >= 11 is 0. The van der Waals surface area contributed by atoms with Crippen LogP contribution in [0.15, 0.2) is 12.1 Å². The van der Waals surface area contributed by atoms with E-state index >= 15 is 0 Å². The molecule has 0 heterocycles. The van der Waals surface area contributed by atoms with Crippen LogP contribution in [0.3, 0.4) is 0 Å². The zero-order valence-electron chi connectivity index (χ0n) is 10.9. The van der Waals surface area contributed by atoms with Gasteiger partial charge < -0.3 is 14.6 Å². The van der Waals surface area contributed by atoms with Crippen LogP contribution in [0.5, 0.6) is 11.5 Å². The molecule has 98 valence electrons. The molecule has 1 aromatic rings. The average Bonchev–Trinajstić information content (AvgIpc) is 3.18. The Morgan fingerprint density at radius 2 is 1.78 bits per heavy atom. The first-order valence-electron chi connectivity index (χ1n) is 6.07. The van der Waals surface area contributed by atoms with E-state index in [1.807, 2.05) is 19.1 Å². The SMILES string of the molecule is CCc1cc(OC)c(C2(C(=O)O)CC2)c(OC)c1. The van der Waals surface area contributed by atoms with Crippen molar-refractivity contribution < 1.29 is 19.4 Å². The quantitative estimate of drug-likeness (QED) is 0.871. The Labute approximate surface area is 107 Å². The molecule has 0 atom stereocenters.